The Morgan fingerprint density at radius 3 is 2.75 bits per heavy atom. The number of aromatic amines is 1. The molecule has 0 radical (unpaired) electrons. The van der Waals surface area contributed by atoms with E-state index < -0.39 is 0 Å². The minimum Gasteiger partial charge on any atom is -0.378 e. The van der Waals surface area contributed by atoms with Crippen molar-refractivity contribution >= 4 is 49.3 Å². The van der Waals surface area contributed by atoms with Gasteiger partial charge in [0, 0.05) is 39.5 Å². The molecule has 6 heteroatoms. The van der Waals surface area contributed by atoms with E-state index in [0.29, 0.717) is 0 Å². The van der Waals surface area contributed by atoms with E-state index in [1.165, 1.54) is 5.69 Å². The molecule has 4 rings (SSSR count). The number of hydrogen-bond donors (Lipinski definition) is 2. The molecule has 124 valence electrons. The zero-order valence-corrected chi connectivity index (χ0v) is 14.7. The van der Waals surface area contributed by atoms with Crippen LogP contribution in [-0.4, -0.2) is 37.2 Å². The van der Waals surface area contributed by atoms with E-state index in [0.717, 1.165) is 58.1 Å². The molecule has 0 bridgehead atoms. The molecule has 0 unspecified atom stereocenters. The monoisotopic (exact) mass is 387 g/mol. The van der Waals surface area contributed by atoms with Crippen molar-refractivity contribution in [2.24, 2.45) is 5.73 Å². The Balaban J connectivity index is 1.85. The standard InChI is InChI=1S/C18H18BrN3O2/c19-12-7-11(8-17(20)23)18-15(9-12)14-2-1-13(10-16(14)21-18)22-3-5-24-6-4-22/h1-2,7,9-10,21H,3-6,8H2,(H2,20,23). The molecule has 5 nitrogen and oxygen atoms in total. The van der Waals surface area contributed by atoms with Gasteiger partial charge in [-0.3, -0.25) is 4.79 Å². The van der Waals surface area contributed by atoms with Crippen LogP contribution in [0.1, 0.15) is 5.56 Å². The Hall–Kier alpha value is -2.05. The topological polar surface area (TPSA) is 71.4 Å². The molecule has 2 heterocycles. The Morgan fingerprint density at radius 2 is 2.00 bits per heavy atom. The predicted octanol–water partition coefficient (Wildman–Crippen LogP) is 2.95. The lowest BCUT2D eigenvalue weighted by Crippen LogP contribution is -2.36. The molecule has 1 fully saturated rings. The number of halogens is 1. The molecule has 0 aliphatic carbocycles. The average molecular weight is 388 g/mol. The number of benzene rings is 2. The van der Waals surface area contributed by atoms with Crippen molar-refractivity contribution in [1.29, 1.82) is 0 Å². The number of amides is 1. The first-order chi connectivity index (χ1) is 11.6. The molecular formula is C18H18BrN3O2. The first kappa shape index (κ1) is 15.5. The predicted molar refractivity (Wildman–Crippen MR) is 99.4 cm³/mol. The number of ether oxygens (including phenoxy) is 1. The van der Waals surface area contributed by atoms with E-state index in [9.17, 15) is 4.79 Å². The van der Waals surface area contributed by atoms with Gasteiger partial charge in [0.2, 0.25) is 5.91 Å². The summed E-state index contributed by atoms with van der Waals surface area (Å²) in [6.45, 7) is 3.34. The summed E-state index contributed by atoms with van der Waals surface area (Å²) in [5.74, 6) is -0.331. The smallest absolute Gasteiger partial charge is 0.221 e. The SMILES string of the molecule is NC(=O)Cc1cc(Br)cc2c1[nH]c1cc(N3CCOCC3)ccc12. The van der Waals surface area contributed by atoms with E-state index in [1.54, 1.807) is 0 Å². The van der Waals surface area contributed by atoms with Gasteiger partial charge in [-0.15, -0.1) is 0 Å². The number of morpholine rings is 1. The molecule has 0 saturated carbocycles. The van der Waals surface area contributed by atoms with E-state index in [-0.39, 0.29) is 12.3 Å². The van der Waals surface area contributed by atoms with Crippen LogP contribution in [0.25, 0.3) is 21.8 Å². The number of anilines is 1. The second kappa shape index (κ2) is 6.11. The van der Waals surface area contributed by atoms with Gasteiger partial charge in [-0.2, -0.15) is 0 Å². The largest absolute Gasteiger partial charge is 0.378 e. The summed E-state index contributed by atoms with van der Waals surface area (Å²) in [4.78, 5) is 17.2. The molecule has 3 N–H and O–H groups in total. The minimum atomic E-state index is -0.331. The summed E-state index contributed by atoms with van der Waals surface area (Å²) in [6, 6.07) is 10.5. The van der Waals surface area contributed by atoms with Crippen LogP contribution in [0.3, 0.4) is 0 Å². The third kappa shape index (κ3) is 2.76. The number of aromatic nitrogens is 1. The highest BCUT2D eigenvalue weighted by Crippen LogP contribution is 2.33. The number of nitrogens with two attached hydrogens (primary N) is 1. The number of fused-ring (bicyclic) bond motifs is 3. The molecule has 3 aromatic rings. The van der Waals surface area contributed by atoms with Gasteiger partial charge in [0.05, 0.1) is 25.2 Å². The molecule has 1 aromatic heterocycles. The number of rotatable bonds is 3. The van der Waals surface area contributed by atoms with E-state index in [4.69, 9.17) is 10.5 Å². The molecule has 24 heavy (non-hydrogen) atoms. The van der Waals surface area contributed by atoms with Gasteiger partial charge in [-0.05, 0) is 29.8 Å². The number of H-pyrrole nitrogens is 1. The van der Waals surface area contributed by atoms with Crippen molar-refractivity contribution in [3.8, 4) is 0 Å². The maximum Gasteiger partial charge on any atom is 0.221 e. The summed E-state index contributed by atoms with van der Waals surface area (Å²) >= 11 is 3.53. The number of nitrogens with zero attached hydrogens (tertiary/aromatic N) is 1. The summed E-state index contributed by atoms with van der Waals surface area (Å²) in [5, 5.41) is 2.25. The Bertz CT molecular complexity index is 929. The van der Waals surface area contributed by atoms with Gasteiger partial charge in [0.25, 0.3) is 0 Å². The van der Waals surface area contributed by atoms with Crippen LogP contribution >= 0.6 is 15.9 Å². The molecule has 1 aliphatic rings. The van der Waals surface area contributed by atoms with Crippen molar-refractivity contribution in [3.63, 3.8) is 0 Å². The maximum atomic E-state index is 11.4. The fraction of sp³-hybridized carbons (Fsp3) is 0.278. The number of carbonyl (C=O) groups is 1. The first-order valence-corrected chi connectivity index (χ1v) is 8.76. The lowest BCUT2D eigenvalue weighted by molar-refractivity contribution is -0.117. The van der Waals surface area contributed by atoms with E-state index in [1.807, 2.05) is 6.07 Å². The summed E-state index contributed by atoms with van der Waals surface area (Å²) < 4.78 is 6.37. The second-order valence-corrected chi connectivity index (χ2v) is 7.00. The Labute approximate surface area is 147 Å². The first-order valence-electron chi connectivity index (χ1n) is 7.97. The molecule has 1 saturated heterocycles. The molecule has 0 spiro atoms. The Kier molecular flexibility index (Phi) is 3.94. The van der Waals surface area contributed by atoms with Crippen LogP contribution in [0.15, 0.2) is 34.8 Å². The van der Waals surface area contributed by atoms with Crippen LogP contribution < -0.4 is 10.6 Å². The zero-order chi connectivity index (χ0) is 16.7. The van der Waals surface area contributed by atoms with Gasteiger partial charge in [-0.1, -0.05) is 22.0 Å². The summed E-state index contributed by atoms with van der Waals surface area (Å²) in [6.07, 6.45) is 0.221. The van der Waals surface area contributed by atoms with Crippen molar-refractivity contribution in [3.05, 3.63) is 40.4 Å². The average Bonchev–Trinajstić information content (AvgIpc) is 2.93. The van der Waals surface area contributed by atoms with Crippen LogP contribution in [-0.2, 0) is 16.0 Å². The van der Waals surface area contributed by atoms with Gasteiger partial charge in [0.15, 0.2) is 0 Å². The normalized spacial score (nSPS) is 15.3. The summed E-state index contributed by atoms with van der Waals surface area (Å²) in [7, 11) is 0. The summed E-state index contributed by atoms with van der Waals surface area (Å²) in [5.41, 5.74) is 9.54. The molecule has 0 atom stereocenters. The van der Waals surface area contributed by atoms with Crippen molar-refractivity contribution in [2.75, 3.05) is 31.2 Å². The maximum absolute atomic E-state index is 11.4. The number of hydrogen-bond acceptors (Lipinski definition) is 3. The van der Waals surface area contributed by atoms with Gasteiger partial charge >= 0.3 is 0 Å². The Morgan fingerprint density at radius 1 is 1.21 bits per heavy atom. The quantitative estimate of drug-likeness (QED) is 0.725. The van der Waals surface area contributed by atoms with Crippen molar-refractivity contribution in [2.45, 2.75) is 6.42 Å². The van der Waals surface area contributed by atoms with Crippen molar-refractivity contribution < 1.29 is 9.53 Å². The number of primary amides is 1. The molecular weight excluding hydrogens is 370 g/mol. The van der Waals surface area contributed by atoms with E-state index in [2.05, 4.69) is 50.1 Å². The zero-order valence-electron chi connectivity index (χ0n) is 13.1. The second-order valence-electron chi connectivity index (χ2n) is 6.08. The van der Waals surface area contributed by atoms with Gasteiger partial charge in [0.1, 0.15) is 0 Å². The number of nitrogens with one attached hydrogen (secondary N) is 1. The van der Waals surface area contributed by atoms with Crippen molar-refractivity contribution in [1.82, 2.24) is 4.98 Å². The molecule has 1 aliphatic heterocycles. The van der Waals surface area contributed by atoms with Crippen LogP contribution in [0.5, 0.6) is 0 Å². The third-order valence-electron chi connectivity index (χ3n) is 4.48. The van der Waals surface area contributed by atoms with Gasteiger partial charge < -0.3 is 20.4 Å². The van der Waals surface area contributed by atoms with E-state index >= 15 is 0 Å². The highest BCUT2D eigenvalue weighted by Gasteiger charge is 2.15. The fourth-order valence-corrected chi connectivity index (χ4v) is 3.88. The van der Waals surface area contributed by atoms with Gasteiger partial charge in [-0.25, -0.2) is 0 Å². The number of carbonyl (C=O) groups excluding carboxylic acids is 1. The molecule has 2 aromatic carbocycles. The lowest BCUT2D eigenvalue weighted by Gasteiger charge is -2.28. The fourth-order valence-electron chi connectivity index (χ4n) is 3.37. The van der Waals surface area contributed by atoms with Crippen LogP contribution in [0.2, 0.25) is 0 Å². The highest BCUT2D eigenvalue weighted by molar-refractivity contribution is 9.10. The lowest BCUT2D eigenvalue weighted by atomic mass is 10.1. The minimum absolute atomic E-state index is 0.221. The highest BCUT2D eigenvalue weighted by atomic mass is 79.9. The van der Waals surface area contributed by atoms with Crippen LogP contribution in [0.4, 0.5) is 5.69 Å². The molecule has 1 amide bonds. The third-order valence-corrected chi connectivity index (χ3v) is 4.94. The van der Waals surface area contributed by atoms with Crippen LogP contribution in [0, 0.1) is 0 Å².